The largest absolute Gasteiger partial charge is 0.386 e. The zero-order valence-corrected chi connectivity index (χ0v) is 10.6. The Kier molecular flexibility index (Phi) is 3.86. The molecular formula is C13H11BrFNO. The molecule has 1 unspecified atom stereocenters. The number of rotatable bonds is 3. The molecule has 1 atom stereocenters. The first-order chi connectivity index (χ1) is 8.16. The number of halogens is 2. The molecule has 17 heavy (non-hydrogen) atoms. The molecule has 0 bridgehead atoms. The first kappa shape index (κ1) is 12.2. The number of hydrogen-bond donors (Lipinski definition) is 1. The number of aromatic nitrogens is 1. The van der Waals surface area contributed by atoms with Crippen molar-refractivity contribution >= 4 is 15.9 Å². The third-order valence-corrected chi connectivity index (χ3v) is 3.05. The molecule has 0 aliphatic heterocycles. The monoisotopic (exact) mass is 295 g/mol. The zero-order chi connectivity index (χ0) is 12.3. The Bertz CT molecular complexity index is 504. The van der Waals surface area contributed by atoms with Crippen LogP contribution in [0.2, 0.25) is 0 Å². The van der Waals surface area contributed by atoms with Crippen LogP contribution in [0.3, 0.4) is 0 Å². The Morgan fingerprint density at radius 2 is 2.12 bits per heavy atom. The molecule has 1 aromatic carbocycles. The van der Waals surface area contributed by atoms with Gasteiger partial charge in [0.1, 0.15) is 5.82 Å². The van der Waals surface area contributed by atoms with Gasteiger partial charge in [-0.2, -0.15) is 0 Å². The third kappa shape index (κ3) is 3.11. The molecule has 0 saturated heterocycles. The Balaban J connectivity index is 2.13. The summed E-state index contributed by atoms with van der Waals surface area (Å²) in [6, 6.07) is 10.1. The summed E-state index contributed by atoms with van der Waals surface area (Å²) in [6.45, 7) is 0. The standard InChI is InChI=1S/C13H11BrFNO/c14-10-7-9(4-5-11(10)15)8-13(17)12-3-1-2-6-16-12/h1-7,13,17H,8H2. The average molecular weight is 296 g/mol. The first-order valence-electron chi connectivity index (χ1n) is 5.20. The lowest BCUT2D eigenvalue weighted by Crippen LogP contribution is -2.03. The number of hydrogen-bond acceptors (Lipinski definition) is 2. The van der Waals surface area contributed by atoms with Gasteiger partial charge in [-0.05, 0) is 45.8 Å². The second-order valence-electron chi connectivity index (χ2n) is 3.72. The van der Waals surface area contributed by atoms with Crippen molar-refractivity contribution in [2.45, 2.75) is 12.5 Å². The minimum absolute atomic E-state index is 0.305. The quantitative estimate of drug-likeness (QED) is 0.943. The summed E-state index contributed by atoms with van der Waals surface area (Å²) in [5.41, 5.74) is 1.48. The van der Waals surface area contributed by atoms with Crippen molar-refractivity contribution in [1.82, 2.24) is 4.98 Å². The lowest BCUT2D eigenvalue weighted by molar-refractivity contribution is 0.173. The van der Waals surface area contributed by atoms with Gasteiger partial charge in [-0.3, -0.25) is 4.98 Å². The number of benzene rings is 1. The summed E-state index contributed by atoms with van der Waals surface area (Å²) < 4.78 is 13.4. The van der Waals surface area contributed by atoms with E-state index < -0.39 is 6.10 Å². The minimum Gasteiger partial charge on any atom is -0.386 e. The van der Waals surface area contributed by atoms with Crippen LogP contribution in [0.1, 0.15) is 17.4 Å². The fourth-order valence-electron chi connectivity index (χ4n) is 1.57. The molecule has 4 heteroatoms. The Hall–Kier alpha value is -1.26. The van der Waals surface area contributed by atoms with Gasteiger partial charge in [-0.1, -0.05) is 12.1 Å². The highest BCUT2D eigenvalue weighted by Crippen LogP contribution is 2.21. The van der Waals surface area contributed by atoms with Gasteiger partial charge in [-0.25, -0.2) is 4.39 Å². The van der Waals surface area contributed by atoms with Crippen LogP contribution < -0.4 is 0 Å². The van der Waals surface area contributed by atoms with Gasteiger partial charge in [0.25, 0.3) is 0 Å². The van der Waals surface area contributed by atoms with Gasteiger partial charge in [0.15, 0.2) is 0 Å². The SMILES string of the molecule is OC(Cc1ccc(F)c(Br)c1)c1ccccn1. The van der Waals surface area contributed by atoms with E-state index in [0.717, 1.165) is 5.56 Å². The van der Waals surface area contributed by atoms with E-state index in [1.807, 2.05) is 6.07 Å². The summed E-state index contributed by atoms with van der Waals surface area (Å²) in [5, 5.41) is 9.96. The molecule has 0 amide bonds. The second kappa shape index (κ2) is 5.38. The van der Waals surface area contributed by atoms with Crippen LogP contribution in [-0.4, -0.2) is 10.1 Å². The van der Waals surface area contributed by atoms with E-state index >= 15 is 0 Å². The van der Waals surface area contributed by atoms with Crippen LogP contribution in [0, 0.1) is 5.82 Å². The van der Waals surface area contributed by atoms with Gasteiger partial charge in [0, 0.05) is 12.6 Å². The fourth-order valence-corrected chi connectivity index (χ4v) is 1.99. The average Bonchev–Trinajstić information content (AvgIpc) is 2.35. The van der Waals surface area contributed by atoms with Crippen molar-refractivity contribution < 1.29 is 9.50 Å². The summed E-state index contributed by atoms with van der Waals surface area (Å²) >= 11 is 3.12. The predicted molar refractivity (Wildman–Crippen MR) is 67.0 cm³/mol. The smallest absolute Gasteiger partial charge is 0.137 e. The number of nitrogens with zero attached hydrogens (tertiary/aromatic N) is 1. The van der Waals surface area contributed by atoms with Crippen LogP contribution in [0.5, 0.6) is 0 Å². The number of aliphatic hydroxyl groups is 1. The summed E-state index contributed by atoms with van der Waals surface area (Å²) in [5.74, 6) is -0.305. The van der Waals surface area contributed by atoms with Crippen molar-refractivity contribution in [3.63, 3.8) is 0 Å². The molecule has 1 N–H and O–H groups in total. The molecule has 0 aliphatic rings. The molecular weight excluding hydrogens is 285 g/mol. The van der Waals surface area contributed by atoms with Gasteiger partial charge in [-0.15, -0.1) is 0 Å². The Morgan fingerprint density at radius 1 is 1.29 bits per heavy atom. The molecule has 0 radical (unpaired) electrons. The van der Waals surface area contributed by atoms with E-state index in [0.29, 0.717) is 16.6 Å². The topological polar surface area (TPSA) is 33.1 Å². The van der Waals surface area contributed by atoms with E-state index in [1.165, 1.54) is 6.07 Å². The highest BCUT2D eigenvalue weighted by molar-refractivity contribution is 9.10. The van der Waals surface area contributed by atoms with Crippen molar-refractivity contribution in [2.24, 2.45) is 0 Å². The van der Waals surface area contributed by atoms with E-state index in [2.05, 4.69) is 20.9 Å². The Morgan fingerprint density at radius 3 is 2.76 bits per heavy atom. The van der Waals surface area contributed by atoms with Crippen LogP contribution >= 0.6 is 15.9 Å². The van der Waals surface area contributed by atoms with Crippen LogP contribution in [-0.2, 0) is 6.42 Å². The normalized spacial score (nSPS) is 12.4. The molecule has 88 valence electrons. The fraction of sp³-hybridized carbons (Fsp3) is 0.154. The van der Waals surface area contributed by atoms with E-state index in [9.17, 15) is 9.50 Å². The molecule has 0 spiro atoms. The number of pyridine rings is 1. The summed E-state index contributed by atoms with van der Waals surface area (Å²) in [4.78, 5) is 4.08. The molecule has 2 nitrogen and oxygen atoms in total. The van der Waals surface area contributed by atoms with E-state index in [-0.39, 0.29) is 5.82 Å². The van der Waals surface area contributed by atoms with Gasteiger partial charge in [0.2, 0.25) is 0 Å². The summed E-state index contributed by atoms with van der Waals surface area (Å²) in [7, 11) is 0. The molecule has 1 aromatic heterocycles. The van der Waals surface area contributed by atoms with E-state index in [1.54, 1.807) is 30.5 Å². The second-order valence-corrected chi connectivity index (χ2v) is 4.58. The highest BCUT2D eigenvalue weighted by Gasteiger charge is 2.10. The molecule has 0 fully saturated rings. The zero-order valence-electron chi connectivity index (χ0n) is 8.98. The number of aliphatic hydroxyl groups excluding tert-OH is 1. The van der Waals surface area contributed by atoms with Crippen LogP contribution in [0.4, 0.5) is 4.39 Å². The highest BCUT2D eigenvalue weighted by atomic mass is 79.9. The van der Waals surface area contributed by atoms with Crippen molar-refractivity contribution in [2.75, 3.05) is 0 Å². The molecule has 1 heterocycles. The lowest BCUT2D eigenvalue weighted by atomic mass is 10.1. The molecule has 0 aliphatic carbocycles. The molecule has 2 rings (SSSR count). The van der Waals surface area contributed by atoms with Crippen LogP contribution in [0.25, 0.3) is 0 Å². The van der Waals surface area contributed by atoms with Gasteiger partial charge in [0.05, 0.1) is 16.3 Å². The van der Waals surface area contributed by atoms with Crippen molar-refractivity contribution in [3.8, 4) is 0 Å². The minimum atomic E-state index is -0.673. The van der Waals surface area contributed by atoms with Gasteiger partial charge >= 0.3 is 0 Å². The maximum Gasteiger partial charge on any atom is 0.137 e. The maximum atomic E-state index is 13.0. The van der Waals surface area contributed by atoms with Gasteiger partial charge < -0.3 is 5.11 Å². The van der Waals surface area contributed by atoms with Crippen molar-refractivity contribution in [1.29, 1.82) is 0 Å². The Labute approximate surface area is 107 Å². The summed E-state index contributed by atoms with van der Waals surface area (Å²) in [6.07, 6.45) is 1.38. The predicted octanol–water partition coefficient (Wildman–Crippen LogP) is 3.26. The third-order valence-electron chi connectivity index (χ3n) is 2.44. The van der Waals surface area contributed by atoms with Crippen LogP contribution in [0.15, 0.2) is 47.1 Å². The maximum absolute atomic E-state index is 13.0. The van der Waals surface area contributed by atoms with E-state index in [4.69, 9.17) is 0 Å². The first-order valence-corrected chi connectivity index (χ1v) is 5.99. The molecule has 0 saturated carbocycles. The van der Waals surface area contributed by atoms with Crippen molar-refractivity contribution in [3.05, 3.63) is 64.1 Å². The molecule has 2 aromatic rings. The lowest BCUT2D eigenvalue weighted by Gasteiger charge is -2.10.